The number of nitrogens with zero attached hydrogens (tertiary/aromatic N) is 5. The number of thiophene rings is 1. The summed E-state index contributed by atoms with van der Waals surface area (Å²) in [6.07, 6.45) is 0. The van der Waals surface area contributed by atoms with Crippen LogP contribution in [0.5, 0.6) is 0 Å². The van der Waals surface area contributed by atoms with E-state index in [2.05, 4.69) is 47.8 Å². The Morgan fingerprint density at radius 3 is 2.82 bits per heavy atom. The number of aromatic nitrogens is 2. The van der Waals surface area contributed by atoms with Gasteiger partial charge in [-0.05, 0) is 24.4 Å². The topological polar surface area (TPSA) is 69.8 Å². The van der Waals surface area contributed by atoms with Crippen LogP contribution in [0.4, 0.5) is 5.00 Å². The van der Waals surface area contributed by atoms with E-state index in [0.29, 0.717) is 18.3 Å². The van der Waals surface area contributed by atoms with Gasteiger partial charge in [0.1, 0.15) is 0 Å². The molecule has 1 aliphatic rings. The lowest BCUT2D eigenvalue weighted by atomic mass is 10.3. The Kier molecular flexibility index (Phi) is 4.57. The van der Waals surface area contributed by atoms with Gasteiger partial charge in [0.2, 0.25) is 5.89 Å². The quantitative estimate of drug-likeness (QED) is 0.680. The molecule has 0 aliphatic carbocycles. The molecule has 7 nitrogen and oxygen atoms in total. The average molecular weight is 320 g/mol. The van der Waals surface area contributed by atoms with Crippen LogP contribution in [0.1, 0.15) is 11.7 Å². The van der Waals surface area contributed by atoms with Crippen LogP contribution in [0.2, 0.25) is 0 Å². The molecule has 0 radical (unpaired) electrons. The monoisotopic (exact) mass is 320 g/mol. The van der Waals surface area contributed by atoms with E-state index in [4.69, 9.17) is 4.52 Å². The number of aryl methyl sites for hydroxylation is 1. The third-order valence-electron chi connectivity index (χ3n) is 3.58. The SMILES string of the molecule is CN=C(NCc1nc(C)no1)N1CCN(c2cccs2)CC1. The van der Waals surface area contributed by atoms with Crippen LogP contribution in [0.25, 0.3) is 0 Å². The molecule has 0 saturated carbocycles. The second-order valence-electron chi connectivity index (χ2n) is 5.06. The Hall–Kier alpha value is -2.09. The molecule has 2 aromatic rings. The third kappa shape index (κ3) is 3.38. The van der Waals surface area contributed by atoms with Gasteiger partial charge in [0.25, 0.3) is 0 Å². The first kappa shape index (κ1) is 14.8. The lowest BCUT2D eigenvalue weighted by Crippen LogP contribution is -2.52. The third-order valence-corrected chi connectivity index (χ3v) is 4.51. The molecule has 0 bridgehead atoms. The zero-order chi connectivity index (χ0) is 15.4. The molecule has 22 heavy (non-hydrogen) atoms. The van der Waals surface area contributed by atoms with Gasteiger partial charge < -0.3 is 19.6 Å². The van der Waals surface area contributed by atoms with Crippen molar-refractivity contribution in [3.05, 3.63) is 29.2 Å². The molecule has 8 heteroatoms. The summed E-state index contributed by atoms with van der Waals surface area (Å²) in [6, 6.07) is 4.27. The molecule has 1 fully saturated rings. The van der Waals surface area contributed by atoms with Gasteiger partial charge in [0.05, 0.1) is 11.5 Å². The molecule has 0 amide bonds. The maximum absolute atomic E-state index is 5.11. The summed E-state index contributed by atoms with van der Waals surface area (Å²) >= 11 is 1.79. The fraction of sp³-hybridized carbons (Fsp3) is 0.500. The first-order valence-electron chi connectivity index (χ1n) is 7.29. The van der Waals surface area contributed by atoms with E-state index < -0.39 is 0 Å². The van der Waals surface area contributed by atoms with E-state index in [1.165, 1.54) is 5.00 Å². The molecule has 1 N–H and O–H groups in total. The Bertz CT molecular complexity index is 615. The van der Waals surface area contributed by atoms with Crippen molar-refractivity contribution in [3.8, 4) is 0 Å². The zero-order valence-corrected chi connectivity index (χ0v) is 13.6. The summed E-state index contributed by atoms with van der Waals surface area (Å²) in [5.74, 6) is 2.11. The minimum atomic E-state index is 0.499. The number of piperazine rings is 1. The number of nitrogens with one attached hydrogen (secondary N) is 1. The van der Waals surface area contributed by atoms with Crippen LogP contribution < -0.4 is 10.2 Å². The molecular formula is C14H20N6OS. The van der Waals surface area contributed by atoms with Crippen LogP contribution in [0.3, 0.4) is 0 Å². The molecule has 0 aromatic carbocycles. The van der Waals surface area contributed by atoms with Gasteiger partial charge >= 0.3 is 0 Å². The lowest BCUT2D eigenvalue weighted by Gasteiger charge is -2.36. The Morgan fingerprint density at radius 1 is 1.41 bits per heavy atom. The van der Waals surface area contributed by atoms with E-state index in [0.717, 1.165) is 32.1 Å². The van der Waals surface area contributed by atoms with E-state index >= 15 is 0 Å². The van der Waals surface area contributed by atoms with Gasteiger partial charge in [-0.25, -0.2) is 0 Å². The smallest absolute Gasteiger partial charge is 0.246 e. The second kappa shape index (κ2) is 6.78. The van der Waals surface area contributed by atoms with Crippen molar-refractivity contribution in [1.29, 1.82) is 0 Å². The largest absolute Gasteiger partial charge is 0.360 e. The van der Waals surface area contributed by atoms with Gasteiger partial charge in [0.15, 0.2) is 11.8 Å². The second-order valence-corrected chi connectivity index (χ2v) is 5.99. The molecule has 3 rings (SSSR count). The van der Waals surface area contributed by atoms with Gasteiger partial charge in [-0.15, -0.1) is 11.3 Å². The van der Waals surface area contributed by atoms with Crippen molar-refractivity contribution in [2.75, 3.05) is 38.1 Å². The average Bonchev–Trinajstić information content (AvgIpc) is 3.20. The van der Waals surface area contributed by atoms with Crippen molar-refractivity contribution in [2.24, 2.45) is 4.99 Å². The first-order chi connectivity index (χ1) is 10.8. The Labute approximate surface area is 133 Å². The van der Waals surface area contributed by atoms with E-state index in [1.54, 1.807) is 18.4 Å². The molecule has 3 heterocycles. The molecule has 2 aromatic heterocycles. The van der Waals surface area contributed by atoms with Crippen LogP contribution in [-0.4, -0.2) is 54.2 Å². The van der Waals surface area contributed by atoms with Crippen molar-refractivity contribution >= 4 is 22.3 Å². The molecule has 0 unspecified atom stereocenters. The van der Waals surface area contributed by atoms with Gasteiger partial charge in [-0.1, -0.05) is 5.16 Å². The predicted molar refractivity (Wildman–Crippen MR) is 87.3 cm³/mol. The zero-order valence-electron chi connectivity index (χ0n) is 12.8. The number of hydrogen-bond acceptors (Lipinski definition) is 6. The number of hydrogen-bond donors (Lipinski definition) is 1. The normalized spacial score (nSPS) is 16.2. The summed E-state index contributed by atoms with van der Waals surface area (Å²) in [6.45, 7) is 6.20. The summed E-state index contributed by atoms with van der Waals surface area (Å²) in [5.41, 5.74) is 0. The number of guanidine groups is 1. The minimum absolute atomic E-state index is 0.499. The number of aliphatic imine (C=N–C) groups is 1. The standard InChI is InChI=1S/C14H20N6OS/c1-11-17-12(21-18-11)10-16-14(15-2)20-7-5-19(6-8-20)13-4-3-9-22-13/h3-4,9H,5-8,10H2,1-2H3,(H,15,16). The fourth-order valence-electron chi connectivity index (χ4n) is 2.49. The van der Waals surface area contributed by atoms with Crippen molar-refractivity contribution < 1.29 is 4.52 Å². The van der Waals surface area contributed by atoms with Crippen molar-refractivity contribution in [3.63, 3.8) is 0 Å². The number of rotatable bonds is 3. The molecular weight excluding hydrogens is 300 g/mol. The van der Waals surface area contributed by atoms with E-state index in [1.807, 2.05) is 6.92 Å². The predicted octanol–water partition coefficient (Wildman–Crippen LogP) is 1.34. The van der Waals surface area contributed by atoms with Crippen LogP contribution in [0, 0.1) is 6.92 Å². The van der Waals surface area contributed by atoms with Crippen molar-refractivity contribution in [2.45, 2.75) is 13.5 Å². The Morgan fingerprint density at radius 2 is 2.23 bits per heavy atom. The van der Waals surface area contributed by atoms with Crippen molar-refractivity contribution in [1.82, 2.24) is 20.4 Å². The van der Waals surface area contributed by atoms with Gasteiger partial charge in [0, 0.05) is 33.2 Å². The molecule has 0 spiro atoms. The fourth-order valence-corrected chi connectivity index (χ4v) is 3.27. The lowest BCUT2D eigenvalue weighted by molar-refractivity contribution is 0.354. The van der Waals surface area contributed by atoms with E-state index in [9.17, 15) is 0 Å². The van der Waals surface area contributed by atoms with Crippen LogP contribution >= 0.6 is 11.3 Å². The minimum Gasteiger partial charge on any atom is -0.360 e. The summed E-state index contributed by atoms with van der Waals surface area (Å²) in [5, 5.41) is 10.5. The van der Waals surface area contributed by atoms with Crippen LogP contribution in [-0.2, 0) is 6.54 Å². The highest BCUT2D eigenvalue weighted by Crippen LogP contribution is 2.22. The molecule has 0 atom stereocenters. The highest BCUT2D eigenvalue weighted by Gasteiger charge is 2.20. The number of anilines is 1. The Balaban J connectivity index is 1.52. The van der Waals surface area contributed by atoms with Crippen LogP contribution in [0.15, 0.2) is 27.0 Å². The summed E-state index contributed by atoms with van der Waals surface area (Å²) < 4.78 is 5.11. The molecule has 1 saturated heterocycles. The molecule has 118 valence electrons. The maximum Gasteiger partial charge on any atom is 0.246 e. The highest BCUT2D eigenvalue weighted by molar-refractivity contribution is 7.14. The highest BCUT2D eigenvalue weighted by atomic mass is 32.1. The summed E-state index contributed by atoms with van der Waals surface area (Å²) in [7, 11) is 1.80. The van der Waals surface area contributed by atoms with E-state index in [-0.39, 0.29) is 0 Å². The summed E-state index contributed by atoms with van der Waals surface area (Å²) in [4.78, 5) is 13.2. The van der Waals surface area contributed by atoms with Gasteiger partial charge in [-0.3, -0.25) is 4.99 Å². The maximum atomic E-state index is 5.11. The first-order valence-corrected chi connectivity index (χ1v) is 8.17. The van der Waals surface area contributed by atoms with Gasteiger partial charge in [-0.2, -0.15) is 4.98 Å². The molecule has 1 aliphatic heterocycles.